The first-order valence-corrected chi connectivity index (χ1v) is 8.33. The number of hydrogen-bond acceptors (Lipinski definition) is 4. The van der Waals surface area contributed by atoms with Crippen LogP contribution in [0.5, 0.6) is 0 Å². The van der Waals surface area contributed by atoms with Crippen LogP contribution in [0.4, 0.5) is 11.4 Å². The summed E-state index contributed by atoms with van der Waals surface area (Å²) in [5, 5.41) is 4.57. The highest BCUT2D eigenvalue weighted by molar-refractivity contribution is 9.10. The van der Waals surface area contributed by atoms with Crippen molar-refractivity contribution in [1.29, 1.82) is 0 Å². The van der Waals surface area contributed by atoms with E-state index >= 15 is 0 Å². The summed E-state index contributed by atoms with van der Waals surface area (Å²) >= 11 is 3.51. The molecule has 1 aromatic carbocycles. The van der Waals surface area contributed by atoms with Crippen LogP contribution in [0.1, 0.15) is 19.3 Å². The highest BCUT2D eigenvalue weighted by Gasteiger charge is 2.11. The number of rotatable bonds is 5. The summed E-state index contributed by atoms with van der Waals surface area (Å²) in [4.78, 5) is 6.91. The van der Waals surface area contributed by atoms with Gasteiger partial charge < -0.3 is 16.0 Å². The molecule has 5 heteroatoms. The molecule has 21 heavy (non-hydrogen) atoms. The predicted molar refractivity (Wildman–Crippen MR) is 92.6 cm³/mol. The minimum absolute atomic E-state index is 0.710. The summed E-state index contributed by atoms with van der Waals surface area (Å²) in [5.74, 6) is 0. The summed E-state index contributed by atoms with van der Waals surface area (Å²) in [6.07, 6.45) is 5.57. The second-order valence-corrected chi connectivity index (χ2v) is 6.49. The first kappa shape index (κ1) is 14.6. The van der Waals surface area contributed by atoms with Gasteiger partial charge in [0.15, 0.2) is 0 Å². The fourth-order valence-corrected chi connectivity index (χ4v) is 3.26. The summed E-state index contributed by atoms with van der Waals surface area (Å²) in [7, 11) is 0. The number of fused-ring (bicyclic) bond motifs is 1. The van der Waals surface area contributed by atoms with Gasteiger partial charge in [0.2, 0.25) is 0 Å². The summed E-state index contributed by atoms with van der Waals surface area (Å²) in [5.41, 5.74) is 8.77. The molecule has 0 saturated carbocycles. The molecule has 1 aliphatic heterocycles. The van der Waals surface area contributed by atoms with E-state index in [-0.39, 0.29) is 0 Å². The number of nitrogens with one attached hydrogen (secondary N) is 1. The smallest absolute Gasteiger partial charge is 0.0743 e. The zero-order valence-electron chi connectivity index (χ0n) is 12.1. The Morgan fingerprint density at radius 1 is 1.29 bits per heavy atom. The average molecular weight is 349 g/mol. The maximum Gasteiger partial charge on any atom is 0.0743 e. The van der Waals surface area contributed by atoms with Gasteiger partial charge in [0.1, 0.15) is 0 Å². The first-order valence-electron chi connectivity index (χ1n) is 7.54. The van der Waals surface area contributed by atoms with Crippen LogP contribution >= 0.6 is 15.9 Å². The van der Waals surface area contributed by atoms with Crippen LogP contribution in [0.25, 0.3) is 10.9 Å². The van der Waals surface area contributed by atoms with Crippen molar-refractivity contribution < 1.29 is 0 Å². The lowest BCUT2D eigenvalue weighted by Gasteiger charge is -2.16. The molecule has 1 saturated heterocycles. The van der Waals surface area contributed by atoms with E-state index in [4.69, 9.17) is 5.73 Å². The molecule has 0 radical (unpaired) electrons. The van der Waals surface area contributed by atoms with Crippen LogP contribution in [0, 0.1) is 0 Å². The molecule has 4 nitrogen and oxygen atoms in total. The Morgan fingerprint density at radius 3 is 2.90 bits per heavy atom. The largest absolute Gasteiger partial charge is 0.396 e. The summed E-state index contributed by atoms with van der Waals surface area (Å²) < 4.78 is 1.04. The van der Waals surface area contributed by atoms with E-state index in [2.05, 4.69) is 37.2 Å². The van der Waals surface area contributed by atoms with Crippen molar-refractivity contribution in [2.75, 3.05) is 37.2 Å². The third-order valence-electron chi connectivity index (χ3n) is 4.01. The van der Waals surface area contributed by atoms with Crippen molar-refractivity contribution in [3.05, 3.63) is 28.9 Å². The third kappa shape index (κ3) is 3.47. The van der Waals surface area contributed by atoms with Gasteiger partial charge in [0, 0.05) is 16.4 Å². The van der Waals surface area contributed by atoms with Crippen molar-refractivity contribution >= 4 is 38.2 Å². The lowest BCUT2D eigenvalue weighted by atomic mass is 10.1. The fraction of sp³-hybridized carbons (Fsp3) is 0.438. The van der Waals surface area contributed by atoms with Gasteiger partial charge in [-0.3, -0.25) is 4.98 Å². The van der Waals surface area contributed by atoms with Crippen LogP contribution in [-0.2, 0) is 0 Å². The molecule has 3 rings (SSSR count). The van der Waals surface area contributed by atoms with Crippen molar-refractivity contribution in [3.8, 4) is 0 Å². The molecule has 2 heterocycles. The maximum atomic E-state index is 6.09. The van der Waals surface area contributed by atoms with E-state index in [9.17, 15) is 0 Å². The number of nitrogens with zero attached hydrogens (tertiary/aromatic N) is 2. The van der Waals surface area contributed by atoms with Crippen molar-refractivity contribution in [1.82, 2.24) is 9.88 Å². The van der Waals surface area contributed by atoms with Gasteiger partial charge in [-0.15, -0.1) is 0 Å². The third-order valence-corrected chi connectivity index (χ3v) is 4.50. The minimum Gasteiger partial charge on any atom is -0.396 e. The van der Waals surface area contributed by atoms with Gasteiger partial charge in [-0.25, -0.2) is 0 Å². The Labute approximate surface area is 133 Å². The molecular formula is C16H21BrN4. The Morgan fingerprint density at radius 2 is 2.10 bits per heavy atom. The molecule has 0 unspecified atom stereocenters. The van der Waals surface area contributed by atoms with Crippen LogP contribution < -0.4 is 11.1 Å². The number of nitrogens with two attached hydrogens (primary N) is 1. The Balaban J connectivity index is 1.67. The van der Waals surface area contributed by atoms with Crippen molar-refractivity contribution in [2.24, 2.45) is 0 Å². The van der Waals surface area contributed by atoms with E-state index < -0.39 is 0 Å². The molecule has 0 bridgehead atoms. The van der Waals surface area contributed by atoms with Crippen LogP contribution in [0.3, 0.4) is 0 Å². The standard InChI is InChI=1S/C16H21BrN4/c17-12-4-5-15-13(10-12)16(14(18)11-20-15)19-6-3-9-21-7-1-2-8-21/h4-5,10-11H,1-3,6-9,18H2,(H,19,20). The van der Waals surface area contributed by atoms with Gasteiger partial charge in [0.25, 0.3) is 0 Å². The van der Waals surface area contributed by atoms with E-state index in [0.29, 0.717) is 5.69 Å². The molecule has 0 spiro atoms. The molecular weight excluding hydrogens is 328 g/mol. The molecule has 1 aromatic heterocycles. The van der Waals surface area contributed by atoms with Gasteiger partial charge in [0.05, 0.1) is 23.1 Å². The lowest BCUT2D eigenvalue weighted by molar-refractivity contribution is 0.337. The normalized spacial score (nSPS) is 15.7. The number of nitrogen functional groups attached to an aromatic ring is 1. The first-order chi connectivity index (χ1) is 10.2. The SMILES string of the molecule is Nc1cnc2ccc(Br)cc2c1NCCCN1CCCC1. The zero-order chi connectivity index (χ0) is 14.7. The van der Waals surface area contributed by atoms with Gasteiger partial charge in [-0.05, 0) is 57.1 Å². The quantitative estimate of drug-likeness (QED) is 0.812. The lowest BCUT2D eigenvalue weighted by Crippen LogP contribution is -2.22. The summed E-state index contributed by atoms with van der Waals surface area (Å²) in [6, 6.07) is 6.08. The monoisotopic (exact) mass is 348 g/mol. The van der Waals surface area contributed by atoms with Gasteiger partial charge >= 0.3 is 0 Å². The number of likely N-dealkylation sites (tertiary alicyclic amines) is 1. The molecule has 2 aromatic rings. The van der Waals surface area contributed by atoms with Crippen LogP contribution in [0.15, 0.2) is 28.9 Å². The number of pyridine rings is 1. The molecule has 1 aliphatic rings. The topological polar surface area (TPSA) is 54.2 Å². The number of benzene rings is 1. The Bertz CT molecular complexity index is 618. The molecule has 3 N–H and O–H groups in total. The molecule has 1 fully saturated rings. The Kier molecular flexibility index (Phi) is 4.60. The average Bonchev–Trinajstić information content (AvgIpc) is 2.98. The maximum absolute atomic E-state index is 6.09. The number of aromatic nitrogens is 1. The number of anilines is 2. The Hall–Kier alpha value is -1.33. The van der Waals surface area contributed by atoms with Gasteiger partial charge in [-0.1, -0.05) is 15.9 Å². The van der Waals surface area contributed by atoms with Crippen molar-refractivity contribution in [3.63, 3.8) is 0 Å². The minimum atomic E-state index is 0.710. The van der Waals surface area contributed by atoms with Crippen molar-refractivity contribution in [2.45, 2.75) is 19.3 Å². The van der Waals surface area contributed by atoms with E-state index in [1.54, 1.807) is 6.20 Å². The fourth-order valence-electron chi connectivity index (χ4n) is 2.90. The predicted octanol–water partition coefficient (Wildman–Crippen LogP) is 3.48. The molecule has 0 aliphatic carbocycles. The summed E-state index contributed by atoms with van der Waals surface area (Å²) in [6.45, 7) is 4.62. The van der Waals surface area contributed by atoms with Gasteiger partial charge in [-0.2, -0.15) is 0 Å². The van der Waals surface area contributed by atoms with E-state index in [0.717, 1.165) is 34.0 Å². The zero-order valence-corrected chi connectivity index (χ0v) is 13.7. The number of hydrogen-bond donors (Lipinski definition) is 2. The van der Waals surface area contributed by atoms with Crippen LogP contribution in [0.2, 0.25) is 0 Å². The highest BCUT2D eigenvalue weighted by atomic mass is 79.9. The second kappa shape index (κ2) is 6.62. The second-order valence-electron chi connectivity index (χ2n) is 5.58. The van der Waals surface area contributed by atoms with E-state index in [1.807, 2.05) is 12.1 Å². The van der Waals surface area contributed by atoms with E-state index in [1.165, 1.54) is 32.5 Å². The molecule has 0 atom stereocenters. The highest BCUT2D eigenvalue weighted by Crippen LogP contribution is 2.29. The molecule has 0 amide bonds. The molecule has 112 valence electrons. The number of halogens is 1. The van der Waals surface area contributed by atoms with Crippen LogP contribution in [-0.4, -0.2) is 36.1 Å².